The number of aliphatic carboxylic acids is 1. The molecule has 0 saturated carbocycles. The molecule has 2 aromatic rings. The monoisotopic (exact) mass is 541 g/mol. The van der Waals surface area contributed by atoms with Gasteiger partial charge in [0, 0.05) is 31.2 Å². The molecule has 1 aliphatic rings. The van der Waals surface area contributed by atoms with Crippen LogP contribution in [0.4, 0.5) is 13.2 Å². The number of carboxylic acids is 1. The first-order valence-electron chi connectivity index (χ1n) is 11.5. The van der Waals surface area contributed by atoms with Gasteiger partial charge in [0.15, 0.2) is 0 Å². The number of alkyl halides is 3. The zero-order valence-electron chi connectivity index (χ0n) is 20.3. The maximum absolute atomic E-state index is 13.3. The number of hydrogen-bond acceptors (Lipinski definition) is 7. The number of ether oxygens (including phenoxy) is 1. The summed E-state index contributed by atoms with van der Waals surface area (Å²) in [6.07, 6.45) is -0.0410. The van der Waals surface area contributed by atoms with Crippen LogP contribution in [0.1, 0.15) is 29.5 Å². The van der Waals surface area contributed by atoms with Crippen LogP contribution in [0.3, 0.4) is 0 Å². The fourth-order valence-corrected chi connectivity index (χ4v) is 4.03. The fourth-order valence-electron chi connectivity index (χ4n) is 3.87. The van der Waals surface area contributed by atoms with E-state index < -0.39 is 23.6 Å². The van der Waals surface area contributed by atoms with Gasteiger partial charge in [-0.3, -0.25) is 14.6 Å². The van der Waals surface area contributed by atoms with Gasteiger partial charge in [-0.05, 0) is 55.0 Å². The van der Waals surface area contributed by atoms with Crippen LogP contribution in [0.15, 0.2) is 48.8 Å². The Morgan fingerprint density at radius 3 is 2.24 bits per heavy atom. The number of aromatic nitrogens is 1. The normalized spacial score (nSPS) is 15.7. The quantitative estimate of drug-likeness (QED) is 0.364. The molecular formula is C25H30F3N3O5S. The summed E-state index contributed by atoms with van der Waals surface area (Å²) < 4.78 is 37.5. The van der Waals surface area contributed by atoms with Crippen molar-refractivity contribution in [2.45, 2.75) is 45.0 Å². The lowest BCUT2D eigenvalue weighted by molar-refractivity contribution is -0.192. The number of amides is 1. The van der Waals surface area contributed by atoms with E-state index >= 15 is 0 Å². The minimum Gasteiger partial charge on any atom is -0.475 e. The summed E-state index contributed by atoms with van der Waals surface area (Å²) in [6, 6.07) is 11.1. The average molecular weight is 542 g/mol. The molecule has 1 saturated heterocycles. The Hall–Kier alpha value is -3.12. The maximum Gasteiger partial charge on any atom is 0.490 e. The van der Waals surface area contributed by atoms with E-state index in [9.17, 15) is 22.8 Å². The fraction of sp³-hybridized carbons (Fsp3) is 0.440. The lowest BCUT2D eigenvalue weighted by Gasteiger charge is -2.41. The molecule has 1 amide bonds. The molecule has 1 aliphatic heterocycles. The minimum absolute atomic E-state index is 0.111. The zero-order chi connectivity index (χ0) is 27.6. The summed E-state index contributed by atoms with van der Waals surface area (Å²) >= 11 is 4.13. The predicted octanol–water partition coefficient (Wildman–Crippen LogP) is 3.18. The second kappa shape index (κ2) is 13.4. The number of carbonyl (C=O) groups excluding carboxylic acids is 2. The van der Waals surface area contributed by atoms with Crippen LogP contribution in [-0.2, 0) is 32.1 Å². The van der Waals surface area contributed by atoms with Crippen LogP contribution in [0.25, 0.3) is 0 Å². The van der Waals surface area contributed by atoms with Gasteiger partial charge >= 0.3 is 18.1 Å². The second-order valence-electron chi connectivity index (χ2n) is 8.73. The maximum atomic E-state index is 13.3. The van der Waals surface area contributed by atoms with Crippen molar-refractivity contribution in [3.05, 3.63) is 65.5 Å². The predicted molar refractivity (Wildman–Crippen MR) is 133 cm³/mol. The van der Waals surface area contributed by atoms with Crippen LogP contribution < -0.4 is 5.73 Å². The van der Waals surface area contributed by atoms with Crippen molar-refractivity contribution in [2.75, 3.05) is 18.8 Å². The van der Waals surface area contributed by atoms with Gasteiger partial charge in [0.05, 0.1) is 11.5 Å². The van der Waals surface area contributed by atoms with Crippen molar-refractivity contribution < 1.29 is 37.4 Å². The van der Waals surface area contributed by atoms with E-state index in [0.717, 1.165) is 16.7 Å². The van der Waals surface area contributed by atoms with Crippen molar-refractivity contribution in [1.29, 1.82) is 0 Å². The number of pyridine rings is 1. The molecule has 1 fully saturated rings. The molecule has 0 spiro atoms. The summed E-state index contributed by atoms with van der Waals surface area (Å²) in [5, 5.41) is 7.12. The third-order valence-corrected chi connectivity index (χ3v) is 6.52. The molecule has 8 nitrogen and oxygen atoms in total. The highest BCUT2D eigenvalue weighted by Crippen LogP contribution is 2.38. The summed E-state index contributed by atoms with van der Waals surface area (Å²) in [7, 11) is 0. The van der Waals surface area contributed by atoms with Gasteiger partial charge in [0.25, 0.3) is 0 Å². The average Bonchev–Trinajstić information content (AvgIpc) is 2.88. The highest BCUT2D eigenvalue weighted by molar-refractivity contribution is 7.80. The summed E-state index contributed by atoms with van der Waals surface area (Å²) in [5.41, 5.74) is 8.38. The van der Waals surface area contributed by atoms with Crippen LogP contribution in [-0.4, -0.2) is 63.9 Å². The molecule has 202 valence electrons. The number of likely N-dealkylation sites (tertiary alicyclic amines) is 1. The van der Waals surface area contributed by atoms with E-state index in [1.807, 2.05) is 24.3 Å². The van der Waals surface area contributed by atoms with Gasteiger partial charge in [-0.2, -0.15) is 25.8 Å². The smallest absolute Gasteiger partial charge is 0.475 e. The Labute approximate surface area is 218 Å². The van der Waals surface area contributed by atoms with E-state index in [4.69, 9.17) is 20.4 Å². The topological polar surface area (TPSA) is 123 Å². The largest absolute Gasteiger partial charge is 0.490 e. The lowest BCUT2D eigenvalue weighted by atomic mass is 9.73. The molecule has 12 heteroatoms. The summed E-state index contributed by atoms with van der Waals surface area (Å²) in [4.78, 5) is 40.4. The first-order valence-corrected chi connectivity index (χ1v) is 12.1. The standard InChI is InChI=1S/C23H29N3O3S.C2HF3O2/c1-17-4-2-3-5-19(17)14-23(22(28)29-15-18-6-10-25-11-7-18)8-12-26(13-9-23)21(27)20(24)16-30;3-2(4,5)1(6)7/h2-7,10-11,20,30H,8-9,12-16,24H2,1H3;(H,6,7)/t20-;/m0./s1. The Kier molecular flexibility index (Phi) is 10.9. The third-order valence-electron chi connectivity index (χ3n) is 6.13. The number of carboxylic acid groups (broad SMARTS) is 1. The van der Waals surface area contributed by atoms with E-state index in [1.165, 1.54) is 0 Å². The number of carbonyl (C=O) groups is 3. The Morgan fingerprint density at radius 2 is 1.73 bits per heavy atom. The number of hydrogen-bond donors (Lipinski definition) is 3. The third kappa shape index (κ3) is 8.74. The number of nitrogens with two attached hydrogens (primary N) is 1. The Morgan fingerprint density at radius 1 is 1.16 bits per heavy atom. The van der Waals surface area contributed by atoms with Crippen LogP contribution in [0, 0.1) is 12.3 Å². The molecule has 0 bridgehead atoms. The Bertz CT molecular complexity index is 1060. The van der Waals surface area contributed by atoms with Gasteiger partial charge in [-0.25, -0.2) is 4.79 Å². The summed E-state index contributed by atoms with van der Waals surface area (Å²) in [5.74, 6) is -2.78. The molecule has 3 rings (SSSR count). The first kappa shape index (κ1) is 30.1. The number of thiol groups is 1. The number of benzene rings is 1. The van der Waals surface area contributed by atoms with Crippen molar-refractivity contribution >= 4 is 30.5 Å². The van der Waals surface area contributed by atoms with Crippen molar-refractivity contribution in [3.63, 3.8) is 0 Å². The number of nitrogens with zero attached hydrogens (tertiary/aromatic N) is 2. The molecule has 2 heterocycles. The van der Waals surface area contributed by atoms with Crippen molar-refractivity contribution in [1.82, 2.24) is 9.88 Å². The highest BCUT2D eigenvalue weighted by Gasteiger charge is 2.44. The van der Waals surface area contributed by atoms with E-state index in [2.05, 4.69) is 36.7 Å². The highest BCUT2D eigenvalue weighted by atomic mass is 32.1. The SMILES string of the molecule is Cc1ccccc1CC1(C(=O)OCc2ccncc2)CCN(C(=O)[C@@H](N)CS)CC1.O=C(O)C(F)(F)F. The molecule has 1 aromatic heterocycles. The number of halogens is 3. The number of rotatable bonds is 7. The van der Waals surface area contributed by atoms with Crippen LogP contribution >= 0.6 is 12.6 Å². The van der Waals surface area contributed by atoms with Gasteiger partial charge in [-0.1, -0.05) is 24.3 Å². The zero-order valence-corrected chi connectivity index (χ0v) is 21.2. The minimum atomic E-state index is -5.08. The van der Waals surface area contributed by atoms with E-state index in [-0.39, 0.29) is 18.5 Å². The molecule has 0 aliphatic carbocycles. The van der Waals surface area contributed by atoms with Gasteiger partial charge in [0.2, 0.25) is 5.91 Å². The van der Waals surface area contributed by atoms with Gasteiger partial charge in [-0.15, -0.1) is 0 Å². The number of aryl methyl sites for hydroxylation is 1. The first-order chi connectivity index (χ1) is 17.4. The van der Waals surface area contributed by atoms with Crippen molar-refractivity contribution in [3.8, 4) is 0 Å². The van der Waals surface area contributed by atoms with Gasteiger partial charge < -0.3 is 20.5 Å². The molecule has 37 heavy (non-hydrogen) atoms. The van der Waals surface area contributed by atoms with E-state index in [0.29, 0.717) is 38.1 Å². The lowest BCUT2D eigenvalue weighted by Crippen LogP contribution is -2.52. The summed E-state index contributed by atoms with van der Waals surface area (Å²) in [6.45, 7) is 3.23. The Balaban J connectivity index is 0.000000604. The number of piperidine rings is 1. The number of esters is 1. The molecule has 1 atom stereocenters. The molecule has 1 aromatic carbocycles. The molecular weight excluding hydrogens is 511 g/mol. The van der Waals surface area contributed by atoms with E-state index in [1.54, 1.807) is 17.3 Å². The van der Waals surface area contributed by atoms with Crippen LogP contribution in [0.5, 0.6) is 0 Å². The molecule has 0 unspecified atom stereocenters. The second-order valence-corrected chi connectivity index (χ2v) is 9.10. The van der Waals surface area contributed by atoms with Gasteiger partial charge in [0.1, 0.15) is 6.61 Å². The molecule has 0 radical (unpaired) electrons. The van der Waals surface area contributed by atoms with Crippen LogP contribution in [0.2, 0.25) is 0 Å². The van der Waals surface area contributed by atoms with Crippen molar-refractivity contribution in [2.24, 2.45) is 11.1 Å². The molecule has 3 N–H and O–H groups in total.